The molecule has 0 aromatic carbocycles. The summed E-state index contributed by atoms with van der Waals surface area (Å²) < 4.78 is 4.75. The molecule has 0 spiro atoms. The average molecular weight is 203 g/mol. The Morgan fingerprint density at radius 3 is 2.64 bits per heavy atom. The van der Waals surface area contributed by atoms with Crippen LogP contribution in [0.1, 0.15) is 32.6 Å². The van der Waals surface area contributed by atoms with Gasteiger partial charge in [-0.05, 0) is 19.3 Å². The van der Waals surface area contributed by atoms with E-state index in [0.29, 0.717) is 26.0 Å². The Balaban J connectivity index is 3.19. The van der Waals surface area contributed by atoms with Crippen LogP contribution in [0.3, 0.4) is 0 Å². The monoisotopic (exact) mass is 203 g/mol. The highest BCUT2D eigenvalue weighted by Crippen LogP contribution is 1.93. The standard InChI is InChI=1S/C9H17NO4/c1-2-7-14-9(13)10-6-4-3-5-8(11)12/h2-7H2,1H3,(H,10,13)(H,11,12). The van der Waals surface area contributed by atoms with Crippen LogP contribution in [0.25, 0.3) is 0 Å². The highest BCUT2D eigenvalue weighted by molar-refractivity contribution is 5.67. The third-order valence-corrected chi connectivity index (χ3v) is 1.52. The van der Waals surface area contributed by atoms with Gasteiger partial charge in [-0.1, -0.05) is 6.92 Å². The number of carbonyl (C=O) groups excluding carboxylic acids is 1. The fraction of sp³-hybridized carbons (Fsp3) is 0.778. The molecule has 0 saturated heterocycles. The van der Waals surface area contributed by atoms with E-state index in [2.05, 4.69) is 5.32 Å². The summed E-state index contributed by atoms with van der Waals surface area (Å²) in [5.74, 6) is -0.807. The predicted octanol–water partition coefficient (Wildman–Crippen LogP) is 1.38. The van der Waals surface area contributed by atoms with Gasteiger partial charge < -0.3 is 15.2 Å². The molecule has 0 aromatic heterocycles. The first-order valence-electron chi connectivity index (χ1n) is 4.79. The van der Waals surface area contributed by atoms with Crippen molar-refractivity contribution >= 4 is 12.1 Å². The molecular formula is C9H17NO4. The van der Waals surface area contributed by atoms with Crippen LogP contribution in [0.15, 0.2) is 0 Å². The minimum absolute atomic E-state index is 0.145. The topological polar surface area (TPSA) is 75.6 Å². The second-order valence-corrected chi connectivity index (χ2v) is 2.91. The molecule has 5 heteroatoms. The van der Waals surface area contributed by atoms with Crippen molar-refractivity contribution < 1.29 is 19.4 Å². The zero-order valence-electron chi connectivity index (χ0n) is 8.41. The van der Waals surface area contributed by atoms with Gasteiger partial charge in [0, 0.05) is 13.0 Å². The summed E-state index contributed by atoms with van der Waals surface area (Å²) in [7, 11) is 0. The first kappa shape index (κ1) is 12.7. The van der Waals surface area contributed by atoms with Crippen LogP contribution in [-0.2, 0) is 9.53 Å². The summed E-state index contributed by atoms with van der Waals surface area (Å²) in [4.78, 5) is 21.0. The second-order valence-electron chi connectivity index (χ2n) is 2.91. The lowest BCUT2D eigenvalue weighted by molar-refractivity contribution is -0.137. The summed E-state index contributed by atoms with van der Waals surface area (Å²) in [5.41, 5.74) is 0. The number of nitrogens with one attached hydrogen (secondary N) is 1. The maximum atomic E-state index is 10.8. The minimum Gasteiger partial charge on any atom is -0.481 e. The molecule has 0 bridgehead atoms. The molecule has 82 valence electrons. The third-order valence-electron chi connectivity index (χ3n) is 1.52. The number of ether oxygens (including phenoxy) is 1. The number of carbonyl (C=O) groups is 2. The number of rotatable bonds is 7. The molecule has 0 unspecified atom stereocenters. The van der Waals surface area contributed by atoms with E-state index in [9.17, 15) is 9.59 Å². The van der Waals surface area contributed by atoms with Crippen LogP contribution in [-0.4, -0.2) is 30.3 Å². The highest BCUT2D eigenvalue weighted by Gasteiger charge is 2.00. The van der Waals surface area contributed by atoms with Gasteiger partial charge in [0.2, 0.25) is 0 Å². The van der Waals surface area contributed by atoms with Crippen LogP contribution >= 0.6 is 0 Å². The Labute approximate surface area is 83.4 Å². The summed E-state index contributed by atoms with van der Waals surface area (Å²) >= 11 is 0. The van der Waals surface area contributed by atoms with Crippen molar-refractivity contribution in [1.82, 2.24) is 5.32 Å². The number of hydrogen-bond acceptors (Lipinski definition) is 3. The molecule has 0 aliphatic rings. The average Bonchev–Trinajstić information content (AvgIpc) is 2.13. The number of unbranched alkanes of at least 4 members (excludes halogenated alkanes) is 1. The fourth-order valence-electron chi connectivity index (χ4n) is 0.837. The van der Waals surface area contributed by atoms with Crippen LogP contribution in [0.4, 0.5) is 4.79 Å². The summed E-state index contributed by atoms with van der Waals surface area (Å²) in [6.45, 7) is 2.80. The van der Waals surface area contributed by atoms with Crippen molar-refractivity contribution in [1.29, 1.82) is 0 Å². The van der Waals surface area contributed by atoms with Gasteiger partial charge >= 0.3 is 12.1 Å². The molecule has 0 aliphatic carbocycles. The smallest absolute Gasteiger partial charge is 0.407 e. The van der Waals surface area contributed by atoms with Crippen LogP contribution in [0.5, 0.6) is 0 Å². The van der Waals surface area contributed by atoms with Gasteiger partial charge in [0.15, 0.2) is 0 Å². The van der Waals surface area contributed by atoms with E-state index in [4.69, 9.17) is 9.84 Å². The number of hydrogen-bond donors (Lipinski definition) is 2. The van der Waals surface area contributed by atoms with Crippen LogP contribution in [0, 0.1) is 0 Å². The number of carboxylic acid groups (broad SMARTS) is 1. The largest absolute Gasteiger partial charge is 0.481 e. The van der Waals surface area contributed by atoms with E-state index in [-0.39, 0.29) is 6.42 Å². The number of alkyl carbamates (subject to hydrolysis) is 1. The lowest BCUT2D eigenvalue weighted by Gasteiger charge is -2.04. The number of carboxylic acids is 1. The molecule has 5 nitrogen and oxygen atoms in total. The third kappa shape index (κ3) is 8.83. The molecule has 0 aromatic rings. The zero-order chi connectivity index (χ0) is 10.8. The Morgan fingerprint density at radius 1 is 1.36 bits per heavy atom. The molecule has 1 amide bonds. The van der Waals surface area contributed by atoms with Crippen molar-refractivity contribution in [3.63, 3.8) is 0 Å². The Bertz CT molecular complexity index is 182. The van der Waals surface area contributed by atoms with E-state index in [1.807, 2.05) is 6.92 Å². The molecule has 0 rings (SSSR count). The van der Waals surface area contributed by atoms with Crippen molar-refractivity contribution in [3.8, 4) is 0 Å². The summed E-state index contributed by atoms with van der Waals surface area (Å²) in [5, 5.41) is 10.9. The Kier molecular flexibility index (Phi) is 7.59. The van der Waals surface area contributed by atoms with E-state index in [1.165, 1.54) is 0 Å². The lowest BCUT2D eigenvalue weighted by atomic mass is 10.2. The molecular weight excluding hydrogens is 186 g/mol. The molecule has 0 saturated carbocycles. The Hall–Kier alpha value is -1.26. The maximum Gasteiger partial charge on any atom is 0.407 e. The van der Waals surface area contributed by atoms with E-state index < -0.39 is 12.1 Å². The number of amides is 1. The molecule has 0 atom stereocenters. The van der Waals surface area contributed by atoms with E-state index in [1.54, 1.807) is 0 Å². The van der Waals surface area contributed by atoms with Crippen molar-refractivity contribution in [3.05, 3.63) is 0 Å². The van der Waals surface area contributed by atoms with Gasteiger partial charge in [-0.2, -0.15) is 0 Å². The second kappa shape index (κ2) is 8.34. The maximum absolute atomic E-state index is 10.8. The van der Waals surface area contributed by atoms with Gasteiger partial charge in [-0.15, -0.1) is 0 Å². The highest BCUT2D eigenvalue weighted by atomic mass is 16.5. The molecule has 0 radical (unpaired) electrons. The normalized spacial score (nSPS) is 9.50. The van der Waals surface area contributed by atoms with E-state index in [0.717, 1.165) is 6.42 Å². The predicted molar refractivity (Wildman–Crippen MR) is 51.1 cm³/mol. The van der Waals surface area contributed by atoms with Crippen LogP contribution in [0.2, 0.25) is 0 Å². The summed E-state index contributed by atoms with van der Waals surface area (Å²) in [6.07, 6.45) is 1.75. The molecule has 0 heterocycles. The molecule has 0 fully saturated rings. The SMILES string of the molecule is CCCOC(=O)NCCCCC(=O)O. The molecule has 2 N–H and O–H groups in total. The van der Waals surface area contributed by atoms with Gasteiger partial charge in [-0.3, -0.25) is 4.79 Å². The first-order valence-corrected chi connectivity index (χ1v) is 4.79. The van der Waals surface area contributed by atoms with Crippen molar-refractivity contribution in [2.75, 3.05) is 13.2 Å². The van der Waals surface area contributed by atoms with Gasteiger partial charge in [-0.25, -0.2) is 4.79 Å². The molecule has 14 heavy (non-hydrogen) atoms. The first-order chi connectivity index (χ1) is 6.66. The quantitative estimate of drug-likeness (QED) is 0.613. The van der Waals surface area contributed by atoms with Crippen molar-refractivity contribution in [2.24, 2.45) is 0 Å². The van der Waals surface area contributed by atoms with Crippen molar-refractivity contribution in [2.45, 2.75) is 32.6 Å². The molecule has 0 aliphatic heterocycles. The number of aliphatic carboxylic acids is 1. The zero-order valence-corrected chi connectivity index (χ0v) is 8.41. The van der Waals surface area contributed by atoms with E-state index >= 15 is 0 Å². The summed E-state index contributed by atoms with van der Waals surface area (Å²) in [6, 6.07) is 0. The van der Waals surface area contributed by atoms with Gasteiger partial charge in [0.1, 0.15) is 0 Å². The van der Waals surface area contributed by atoms with Crippen LogP contribution < -0.4 is 5.32 Å². The minimum atomic E-state index is -0.807. The lowest BCUT2D eigenvalue weighted by Crippen LogP contribution is -2.25. The van der Waals surface area contributed by atoms with Gasteiger partial charge in [0.25, 0.3) is 0 Å². The Morgan fingerprint density at radius 2 is 2.07 bits per heavy atom. The van der Waals surface area contributed by atoms with Gasteiger partial charge in [0.05, 0.1) is 6.61 Å². The fourth-order valence-corrected chi connectivity index (χ4v) is 0.837.